The van der Waals surface area contributed by atoms with Crippen molar-refractivity contribution in [2.45, 2.75) is 49.2 Å². The minimum Gasteiger partial charge on any atom is -0.492 e. The van der Waals surface area contributed by atoms with Crippen molar-refractivity contribution in [2.75, 3.05) is 19.7 Å². The van der Waals surface area contributed by atoms with Crippen LogP contribution in [0.3, 0.4) is 0 Å². The van der Waals surface area contributed by atoms with E-state index in [-0.39, 0.29) is 55.6 Å². The van der Waals surface area contributed by atoms with Crippen LogP contribution in [-0.2, 0) is 16.0 Å². The molecule has 0 bridgehead atoms. The summed E-state index contributed by atoms with van der Waals surface area (Å²) in [6, 6.07) is 3.22. The van der Waals surface area contributed by atoms with Crippen molar-refractivity contribution in [3.05, 3.63) is 29.3 Å². The number of nitrogens with two attached hydrogens (primary N) is 2. The fraction of sp³-hybridized carbons (Fsp3) is 0.500. The van der Waals surface area contributed by atoms with Gasteiger partial charge in [0.25, 0.3) is 5.91 Å². The number of carbonyl (C=O) groups is 3. The Bertz CT molecular complexity index is 1180. The van der Waals surface area contributed by atoms with Crippen molar-refractivity contribution >= 4 is 29.6 Å². The molecule has 0 aromatic heterocycles. The van der Waals surface area contributed by atoms with Gasteiger partial charge in [0.1, 0.15) is 17.9 Å². The largest absolute Gasteiger partial charge is 0.492 e. The van der Waals surface area contributed by atoms with Crippen molar-refractivity contribution in [3.8, 4) is 5.75 Å². The number of likely N-dealkylation sites (tertiary alicyclic amines) is 1. The van der Waals surface area contributed by atoms with E-state index in [1.165, 1.54) is 0 Å². The Labute approximate surface area is 200 Å². The monoisotopic (exact) mass is 482 g/mol. The van der Waals surface area contributed by atoms with E-state index in [2.05, 4.69) is 20.6 Å². The summed E-state index contributed by atoms with van der Waals surface area (Å²) in [4.78, 5) is 49.4. The van der Waals surface area contributed by atoms with Gasteiger partial charge >= 0.3 is 0 Å². The number of guanidine groups is 2. The minimum absolute atomic E-state index is 0.0195. The number of fused-ring (bicyclic) bond motifs is 1. The Morgan fingerprint density at radius 2 is 2.00 bits per heavy atom. The molecule has 2 fully saturated rings. The maximum atomic E-state index is 13.2. The van der Waals surface area contributed by atoms with Gasteiger partial charge in [0.05, 0.1) is 30.8 Å². The van der Waals surface area contributed by atoms with Crippen LogP contribution in [0.25, 0.3) is 0 Å². The number of rotatable bonds is 4. The van der Waals surface area contributed by atoms with Crippen LogP contribution in [0, 0.1) is 0 Å². The summed E-state index contributed by atoms with van der Waals surface area (Å²) in [6.07, 6.45) is -0.140. The normalized spacial score (nSPS) is 32.9. The molecular weight excluding hydrogens is 456 g/mol. The number of imide groups is 1. The molecule has 13 nitrogen and oxygen atoms in total. The molecule has 5 atom stereocenters. The number of nitrogens with zero attached hydrogens (tertiary/aromatic N) is 4. The maximum Gasteiger partial charge on any atom is 0.255 e. The quantitative estimate of drug-likeness (QED) is 0.283. The predicted octanol–water partition coefficient (Wildman–Crippen LogP) is -2.77. The lowest BCUT2D eigenvalue weighted by atomic mass is 9.87. The van der Waals surface area contributed by atoms with Crippen molar-refractivity contribution < 1.29 is 24.2 Å². The first-order valence-corrected chi connectivity index (χ1v) is 11.6. The van der Waals surface area contributed by atoms with Gasteiger partial charge in [-0.1, -0.05) is 12.1 Å². The zero-order chi connectivity index (χ0) is 24.5. The highest BCUT2D eigenvalue weighted by atomic mass is 16.5. The summed E-state index contributed by atoms with van der Waals surface area (Å²) in [5, 5.41) is 17.5. The molecule has 0 aliphatic carbocycles. The molecule has 3 unspecified atom stereocenters. The van der Waals surface area contributed by atoms with Crippen LogP contribution in [0.1, 0.15) is 28.8 Å². The van der Waals surface area contributed by atoms with E-state index >= 15 is 0 Å². The highest BCUT2D eigenvalue weighted by molar-refractivity contribution is 6.02. The van der Waals surface area contributed by atoms with Crippen molar-refractivity contribution in [2.24, 2.45) is 21.5 Å². The maximum absolute atomic E-state index is 13.2. The molecular formula is C22H26N8O5. The lowest BCUT2D eigenvalue weighted by molar-refractivity contribution is -0.138. The third-order valence-electron chi connectivity index (χ3n) is 7.45. The number of carbonyl (C=O) groups excluding carboxylic acids is 3. The molecule has 0 saturated carbocycles. The molecule has 35 heavy (non-hydrogen) atoms. The number of para-hydroxylation sites is 1. The fourth-order valence-corrected chi connectivity index (χ4v) is 5.84. The smallest absolute Gasteiger partial charge is 0.255 e. The lowest BCUT2D eigenvalue weighted by Gasteiger charge is -2.46. The van der Waals surface area contributed by atoms with E-state index in [4.69, 9.17) is 16.2 Å². The summed E-state index contributed by atoms with van der Waals surface area (Å²) >= 11 is 0. The Morgan fingerprint density at radius 3 is 2.77 bits per heavy atom. The van der Waals surface area contributed by atoms with Crippen LogP contribution >= 0.6 is 0 Å². The highest BCUT2D eigenvalue weighted by Gasteiger charge is 2.65. The summed E-state index contributed by atoms with van der Waals surface area (Å²) in [6.45, 7) is 0.647. The number of aliphatic hydroxyl groups is 1. The third-order valence-corrected chi connectivity index (χ3v) is 7.45. The van der Waals surface area contributed by atoms with E-state index in [0.717, 1.165) is 16.9 Å². The van der Waals surface area contributed by atoms with Crippen LogP contribution in [0.5, 0.6) is 5.75 Å². The van der Waals surface area contributed by atoms with E-state index in [0.29, 0.717) is 17.9 Å². The fourth-order valence-electron chi connectivity index (χ4n) is 5.84. The van der Waals surface area contributed by atoms with Gasteiger partial charge < -0.3 is 36.8 Å². The van der Waals surface area contributed by atoms with Gasteiger partial charge in [0.2, 0.25) is 11.8 Å². The number of hydrogen-bond donors (Lipinski definition) is 5. The van der Waals surface area contributed by atoms with Gasteiger partial charge in [-0.15, -0.1) is 0 Å². The van der Waals surface area contributed by atoms with Gasteiger partial charge in [-0.2, -0.15) is 0 Å². The molecule has 5 aliphatic heterocycles. The predicted molar refractivity (Wildman–Crippen MR) is 122 cm³/mol. The topological polar surface area (TPSA) is 188 Å². The van der Waals surface area contributed by atoms with Crippen molar-refractivity contribution in [1.29, 1.82) is 0 Å². The highest BCUT2D eigenvalue weighted by Crippen LogP contribution is 2.40. The Morgan fingerprint density at radius 1 is 1.23 bits per heavy atom. The average Bonchev–Trinajstić information content (AvgIpc) is 3.58. The second-order valence-electron chi connectivity index (χ2n) is 9.39. The summed E-state index contributed by atoms with van der Waals surface area (Å²) in [7, 11) is 0. The van der Waals surface area contributed by atoms with E-state index in [1.807, 2.05) is 6.07 Å². The van der Waals surface area contributed by atoms with Gasteiger partial charge in [0.15, 0.2) is 17.6 Å². The molecule has 2 saturated heterocycles. The Kier molecular flexibility index (Phi) is 4.68. The average molecular weight is 483 g/mol. The molecule has 5 heterocycles. The molecule has 7 N–H and O–H groups in total. The van der Waals surface area contributed by atoms with Gasteiger partial charge in [0, 0.05) is 25.8 Å². The molecule has 1 spiro atoms. The SMILES string of the molecule is NC1=NC2[C@H](CN3C(=O)CCC3=O)N=C(N)N3C[C@H](NC(=O)c4cccc5c4OCC5)C(O)C23N1. The molecule has 6 rings (SSSR count). The van der Waals surface area contributed by atoms with Crippen LogP contribution in [0.4, 0.5) is 0 Å². The number of benzene rings is 1. The molecule has 184 valence electrons. The number of amides is 3. The van der Waals surface area contributed by atoms with Gasteiger partial charge in [-0.25, -0.2) is 9.98 Å². The van der Waals surface area contributed by atoms with E-state index in [9.17, 15) is 19.5 Å². The van der Waals surface area contributed by atoms with Gasteiger partial charge in [-0.05, 0) is 11.6 Å². The standard InChI is InChI=1S/C22H26N8O5/c23-20-27-17-12(8-29-14(31)4-5-15(29)32)26-21(24)30-9-13(18(33)22(17,30)28-20)25-19(34)11-3-1-2-10-6-7-35-16(10)11/h1-3,12-13,17-18,33H,4-9H2,(H2,24,26)(H,25,34)(H3,23,27,28)/t12-,13-,17?,18?,22?/m0/s1. The lowest BCUT2D eigenvalue weighted by Crippen LogP contribution is -2.73. The van der Waals surface area contributed by atoms with E-state index < -0.39 is 29.9 Å². The summed E-state index contributed by atoms with van der Waals surface area (Å²) in [5.74, 6) is -0.209. The second-order valence-corrected chi connectivity index (χ2v) is 9.39. The molecule has 5 aliphatic rings. The Hall–Kier alpha value is -3.87. The van der Waals surface area contributed by atoms with Crippen LogP contribution in [0.15, 0.2) is 28.2 Å². The van der Waals surface area contributed by atoms with Crippen LogP contribution in [0.2, 0.25) is 0 Å². The number of aliphatic hydroxyl groups excluding tert-OH is 1. The van der Waals surface area contributed by atoms with Crippen LogP contribution in [-0.4, -0.2) is 94.1 Å². The number of aliphatic imine (C=N–C) groups is 2. The Balaban J connectivity index is 1.28. The first-order valence-electron chi connectivity index (χ1n) is 11.6. The van der Waals surface area contributed by atoms with E-state index in [1.54, 1.807) is 17.0 Å². The first-order chi connectivity index (χ1) is 16.8. The van der Waals surface area contributed by atoms with Crippen molar-refractivity contribution in [1.82, 2.24) is 20.4 Å². The molecule has 3 amide bonds. The molecule has 1 aromatic carbocycles. The minimum atomic E-state index is -1.28. The summed E-state index contributed by atoms with van der Waals surface area (Å²) in [5.41, 5.74) is 12.4. The summed E-state index contributed by atoms with van der Waals surface area (Å²) < 4.78 is 5.65. The number of ether oxygens (including phenoxy) is 1. The van der Waals surface area contributed by atoms with Gasteiger partial charge in [-0.3, -0.25) is 19.3 Å². The number of hydrogen-bond acceptors (Lipinski definition) is 11. The zero-order valence-corrected chi connectivity index (χ0v) is 18.8. The third kappa shape index (κ3) is 3.07. The molecule has 1 aromatic rings. The first kappa shape index (κ1) is 21.6. The number of nitrogens with one attached hydrogen (secondary N) is 2. The van der Waals surface area contributed by atoms with Crippen LogP contribution < -0.4 is 26.8 Å². The molecule has 13 heteroatoms. The molecule has 0 radical (unpaired) electrons. The van der Waals surface area contributed by atoms with Crippen molar-refractivity contribution in [3.63, 3.8) is 0 Å². The second kappa shape index (κ2) is 7.57. The zero-order valence-electron chi connectivity index (χ0n) is 18.8.